The summed E-state index contributed by atoms with van der Waals surface area (Å²) in [6.45, 7) is 6.51. The quantitative estimate of drug-likeness (QED) is 0.856. The number of rotatable bonds is 3. The first-order chi connectivity index (χ1) is 11.1. The highest BCUT2D eigenvalue weighted by Gasteiger charge is 2.28. The lowest BCUT2D eigenvalue weighted by molar-refractivity contribution is 0.0702. The highest BCUT2D eigenvalue weighted by molar-refractivity contribution is 6.30. The molecule has 0 aliphatic carbocycles. The Morgan fingerprint density at radius 1 is 1.43 bits per heavy atom. The average molecular weight is 332 g/mol. The van der Waals surface area contributed by atoms with Crippen LogP contribution < -0.4 is 0 Å². The van der Waals surface area contributed by atoms with E-state index in [-0.39, 0.29) is 5.91 Å². The SMILES string of the molecule is CCn1ccnc1[C@@H]1CCCN(C(=O)c2ccc(Cl)cc2C)C1. The van der Waals surface area contributed by atoms with Gasteiger partial charge in [-0.15, -0.1) is 0 Å². The number of nitrogens with zero attached hydrogens (tertiary/aromatic N) is 3. The summed E-state index contributed by atoms with van der Waals surface area (Å²) in [7, 11) is 0. The van der Waals surface area contributed by atoms with Crippen LogP contribution in [0.5, 0.6) is 0 Å². The van der Waals surface area contributed by atoms with E-state index in [1.807, 2.05) is 36.4 Å². The third-order valence-electron chi connectivity index (χ3n) is 4.58. The van der Waals surface area contributed by atoms with Crippen molar-refractivity contribution in [3.05, 3.63) is 52.6 Å². The number of likely N-dealkylation sites (tertiary alicyclic amines) is 1. The minimum absolute atomic E-state index is 0.0958. The van der Waals surface area contributed by atoms with E-state index in [0.717, 1.165) is 49.4 Å². The number of hydrogen-bond acceptors (Lipinski definition) is 2. The van der Waals surface area contributed by atoms with Crippen molar-refractivity contribution in [2.75, 3.05) is 13.1 Å². The molecular formula is C18H22ClN3O. The summed E-state index contributed by atoms with van der Waals surface area (Å²) in [6.07, 6.45) is 5.96. The Labute approximate surface area is 142 Å². The molecule has 0 unspecified atom stereocenters. The molecule has 1 aromatic carbocycles. The molecule has 2 aromatic rings. The van der Waals surface area contributed by atoms with Gasteiger partial charge in [-0.1, -0.05) is 11.6 Å². The van der Waals surface area contributed by atoms with Crippen molar-refractivity contribution in [2.45, 2.75) is 39.2 Å². The Kier molecular flexibility index (Phi) is 4.71. The van der Waals surface area contributed by atoms with Gasteiger partial charge < -0.3 is 9.47 Å². The molecule has 0 bridgehead atoms. The van der Waals surface area contributed by atoms with E-state index in [9.17, 15) is 4.79 Å². The first kappa shape index (κ1) is 16.1. The number of halogens is 1. The van der Waals surface area contributed by atoms with Crippen molar-refractivity contribution < 1.29 is 4.79 Å². The summed E-state index contributed by atoms with van der Waals surface area (Å²) < 4.78 is 2.17. The predicted octanol–water partition coefficient (Wildman–Crippen LogP) is 3.88. The van der Waals surface area contributed by atoms with E-state index in [1.165, 1.54) is 0 Å². The van der Waals surface area contributed by atoms with E-state index in [2.05, 4.69) is 16.5 Å². The molecule has 4 nitrogen and oxygen atoms in total. The zero-order valence-corrected chi connectivity index (χ0v) is 14.4. The molecule has 23 heavy (non-hydrogen) atoms. The van der Waals surface area contributed by atoms with Crippen molar-refractivity contribution >= 4 is 17.5 Å². The number of amides is 1. The molecule has 1 aromatic heterocycles. The maximum absolute atomic E-state index is 12.9. The van der Waals surface area contributed by atoms with Gasteiger partial charge in [0.2, 0.25) is 0 Å². The summed E-state index contributed by atoms with van der Waals surface area (Å²) in [6, 6.07) is 5.46. The van der Waals surface area contributed by atoms with Gasteiger partial charge in [-0.05, 0) is 50.5 Å². The van der Waals surface area contributed by atoms with Gasteiger partial charge in [-0.2, -0.15) is 0 Å². The van der Waals surface area contributed by atoms with Crippen LogP contribution in [-0.2, 0) is 6.54 Å². The summed E-state index contributed by atoms with van der Waals surface area (Å²) >= 11 is 6.00. The largest absolute Gasteiger partial charge is 0.338 e. The summed E-state index contributed by atoms with van der Waals surface area (Å²) in [5.41, 5.74) is 1.67. The third kappa shape index (κ3) is 3.27. The van der Waals surface area contributed by atoms with E-state index in [4.69, 9.17) is 11.6 Å². The summed E-state index contributed by atoms with van der Waals surface area (Å²) in [4.78, 5) is 19.3. The molecule has 0 saturated carbocycles. The van der Waals surface area contributed by atoms with Crippen LogP contribution in [0.3, 0.4) is 0 Å². The molecule has 5 heteroatoms. The predicted molar refractivity (Wildman–Crippen MR) is 92.0 cm³/mol. The second-order valence-corrected chi connectivity index (χ2v) is 6.56. The lowest BCUT2D eigenvalue weighted by Gasteiger charge is -2.33. The number of imidazole rings is 1. The van der Waals surface area contributed by atoms with Crippen molar-refractivity contribution in [3.63, 3.8) is 0 Å². The minimum atomic E-state index is 0.0958. The van der Waals surface area contributed by atoms with E-state index in [1.54, 1.807) is 6.07 Å². The van der Waals surface area contributed by atoms with Crippen LogP contribution in [-0.4, -0.2) is 33.4 Å². The number of carbonyl (C=O) groups is 1. The van der Waals surface area contributed by atoms with E-state index in [0.29, 0.717) is 10.9 Å². The molecule has 0 N–H and O–H groups in total. The fourth-order valence-corrected chi connectivity index (χ4v) is 3.58. The number of benzene rings is 1. The van der Waals surface area contributed by atoms with Crippen LogP contribution in [0.1, 0.15) is 47.4 Å². The minimum Gasteiger partial charge on any atom is -0.338 e. The maximum Gasteiger partial charge on any atom is 0.254 e. The number of piperidine rings is 1. The van der Waals surface area contributed by atoms with Gasteiger partial charge >= 0.3 is 0 Å². The first-order valence-corrected chi connectivity index (χ1v) is 8.54. The third-order valence-corrected chi connectivity index (χ3v) is 4.82. The van der Waals surface area contributed by atoms with Gasteiger partial charge in [-0.3, -0.25) is 4.79 Å². The van der Waals surface area contributed by atoms with Gasteiger partial charge in [-0.25, -0.2) is 4.98 Å². The number of hydrogen-bond donors (Lipinski definition) is 0. The molecular weight excluding hydrogens is 310 g/mol. The van der Waals surface area contributed by atoms with Crippen LogP contribution in [0, 0.1) is 6.92 Å². The Morgan fingerprint density at radius 2 is 2.26 bits per heavy atom. The van der Waals surface area contributed by atoms with Gasteiger partial charge in [0.05, 0.1) is 0 Å². The van der Waals surface area contributed by atoms with Crippen molar-refractivity contribution in [1.82, 2.24) is 14.5 Å². The monoisotopic (exact) mass is 331 g/mol. The normalized spacial score (nSPS) is 18.2. The Balaban J connectivity index is 1.79. The Bertz CT molecular complexity index is 710. The smallest absolute Gasteiger partial charge is 0.254 e. The molecule has 122 valence electrons. The topological polar surface area (TPSA) is 38.1 Å². The van der Waals surface area contributed by atoms with Gasteiger partial charge in [0.25, 0.3) is 5.91 Å². The molecule has 3 rings (SSSR count). The molecule has 2 heterocycles. The second kappa shape index (κ2) is 6.75. The van der Waals surface area contributed by atoms with Crippen LogP contribution in [0.4, 0.5) is 0 Å². The first-order valence-electron chi connectivity index (χ1n) is 8.16. The molecule has 1 aliphatic heterocycles. The lowest BCUT2D eigenvalue weighted by atomic mass is 9.96. The number of carbonyl (C=O) groups excluding carboxylic acids is 1. The van der Waals surface area contributed by atoms with Gasteiger partial charge in [0.15, 0.2) is 0 Å². The standard InChI is InChI=1S/C18H22ClN3O/c1-3-21-10-8-20-17(21)14-5-4-9-22(12-14)18(23)16-7-6-15(19)11-13(16)2/h6-8,10-11,14H,3-5,9,12H2,1-2H3/t14-/m1/s1. The van der Waals surface area contributed by atoms with Crippen molar-refractivity contribution in [2.24, 2.45) is 0 Å². The van der Waals surface area contributed by atoms with Crippen LogP contribution in [0.15, 0.2) is 30.6 Å². The number of aromatic nitrogens is 2. The molecule has 1 atom stereocenters. The van der Waals surface area contributed by atoms with Gasteiger partial charge in [0, 0.05) is 48.5 Å². The van der Waals surface area contributed by atoms with Gasteiger partial charge in [0.1, 0.15) is 5.82 Å². The maximum atomic E-state index is 12.9. The molecule has 1 amide bonds. The molecule has 1 saturated heterocycles. The highest BCUT2D eigenvalue weighted by Crippen LogP contribution is 2.27. The summed E-state index contributed by atoms with van der Waals surface area (Å²) in [5.74, 6) is 1.51. The van der Waals surface area contributed by atoms with Crippen LogP contribution in [0.2, 0.25) is 5.02 Å². The lowest BCUT2D eigenvalue weighted by Crippen LogP contribution is -2.40. The fraction of sp³-hybridized carbons (Fsp3) is 0.444. The summed E-state index contributed by atoms with van der Waals surface area (Å²) in [5, 5.41) is 0.667. The molecule has 0 spiro atoms. The zero-order valence-electron chi connectivity index (χ0n) is 13.6. The molecule has 1 aliphatic rings. The fourth-order valence-electron chi connectivity index (χ4n) is 3.36. The Hall–Kier alpha value is -1.81. The van der Waals surface area contributed by atoms with Crippen LogP contribution in [0.25, 0.3) is 0 Å². The molecule has 0 radical (unpaired) electrons. The van der Waals surface area contributed by atoms with Crippen molar-refractivity contribution in [3.8, 4) is 0 Å². The Morgan fingerprint density at radius 3 is 3.00 bits per heavy atom. The zero-order chi connectivity index (χ0) is 16.4. The number of aryl methyl sites for hydroxylation is 2. The van der Waals surface area contributed by atoms with Crippen molar-refractivity contribution in [1.29, 1.82) is 0 Å². The van der Waals surface area contributed by atoms with Crippen LogP contribution >= 0.6 is 11.6 Å². The van der Waals surface area contributed by atoms with E-state index >= 15 is 0 Å². The van der Waals surface area contributed by atoms with E-state index < -0.39 is 0 Å². The second-order valence-electron chi connectivity index (χ2n) is 6.12. The highest BCUT2D eigenvalue weighted by atomic mass is 35.5. The average Bonchev–Trinajstić information content (AvgIpc) is 3.03. The molecule has 1 fully saturated rings.